The zero-order valence-corrected chi connectivity index (χ0v) is 19.6. The zero-order chi connectivity index (χ0) is 22.6. The fraction of sp³-hybridized carbons (Fsp3) is 0.407. The van der Waals surface area contributed by atoms with Crippen molar-refractivity contribution in [1.82, 2.24) is 9.80 Å². The summed E-state index contributed by atoms with van der Waals surface area (Å²) in [6.07, 6.45) is 6.62. The van der Waals surface area contributed by atoms with Gasteiger partial charge in [0, 0.05) is 18.4 Å². The Morgan fingerprint density at radius 2 is 1.88 bits per heavy atom. The number of allylic oxidation sites excluding steroid dienone is 1. The Labute approximate surface area is 200 Å². The smallest absolute Gasteiger partial charge is 0.229 e. The number of carbonyl (C=O) groups excluding carboxylic acids is 1. The standard InChI is InChI=1S/C27H29N3O2S/c28-16-25-24(21-10-7-13-23(14-21)32-17-20-8-3-1-4-9-20)15-26(31)30-18-29(19-33-27(25)30)22-11-5-2-6-12-22/h1,3-4,7-10,13-14,22,24H,2,5-6,11-12,15,17-19H2/t24-/m1/s1. The molecule has 2 fully saturated rings. The number of benzene rings is 2. The molecule has 0 spiro atoms. The van der Waals surface area contributed by atoms with E-state index in [0.717, 1.165) is 27.8 Å². The number of ether oxygens (including phenoxy) is 1. The average molecular weight is 460 g/mol. The van der Waals surface area contributed by atoms with Gasteiger partial charge in [0.25, 0.3) is 0 Å². The molecule has 2 aromatic rings. The number of carbonyl (C=O) groups is 1. The summed E-state index contributed by atoms with van der Waals surface area (Å²) in [5.41, 5.74) is 2.78. The molecule has 6 heteroatoms. The van der Waals surface area contributed by atoms with Crippen molar-refractivity contribution in [2.45, 2.75) is 57.1 Å². The van der Waals surface area contributed by atoms with Gasteiger partial charge in [-0.05, 0) is 36.1 Å². The molecule has 0 aromatic heterocycles. The Morgan fingerprint density at radius 3 is 2.67 bits per heavy atom. The van der Waals surface area contributed by atoms with Crippen LogP contribution < -0.4 is 4.74 Å². The number of nitriles is 1. The van der Waals surface area contributed by atoms with Crippen LogP contribution in [0.3, 0.4) is 0 Å². The van der Waals surface area contributed by atoms with E-state index in [9.17, 15) is 10.1 Å². The third-order valence-electron chi connectivity index (χ3n) is 6.91. The van der Waals surface area contributed by atoms with Crippen LogP contribution in [0.5, 0.6) is 5.75 Å². The largest absolute Gasteiger partial charge is 0.489 e. The van der Waals surface area contributed by atoms with E-state index in [1.165, 1.54) is 32.1 Å². The first kappa shape index (κ1) is 22.1. The van der Waals surface area contributed by atoms with Crippen LogP contribution >= 0.6 is 11.8 Å². The van der Waals surface area contributed by atoms with Gasteiger partial charge in [0.2, 0.25) is 5.91 Å². The van der Waals surface area contributed by atoms with E-state index >= 15 is 0 Å². The lowest BCUT2D eigenvalue weighted by Crippen LogP contribution is -2.51. The van der Waals surface area contributed by atoms with Gasteiger partial charge in [0.05, 0.1) is 29.2 Å². The maximum Gasteiger partial charge on any atom is 0.229 e. The van der Waals surface area contributed by atoms with Crippen LogP contribution in [-0.4, -0.2) is 34.3 Å². The fourth-order valence-electron chi connectivity index (χ4n) is 5.10. The Hall–Kier alpha value is -2.75. The van der Waals surface area contributed by atoms with Crippen LogP contribution in [0, 0.1) is 11.3 Å². The number of amides is 1. The molecule has 0 radical (unpaired) electrons. The molecule has 0 N–H and O–H groups in total. The van der Waals surface area contributed by atoms with Gasteiger partial charge in [-0.2, -0.15) is 5.26 Å². The Balaban J connectivity index is 1.34. The minimum Gasteiger partial charge on any atom is -0.489 e. The second-order valence-corrected chi connectivity index (χ2v) is 9.98. The first-order valence-electron chi connectivity index (χ1n) is 11.8. The molecule has 1 aliphatic carbocycles. The minimum absolute atomic E-state index is 0.109. The number of hydrogen-bond acceptors (Lipinski definition) is 5. The number of nitrogens with zero attached hydrogens (tertiary/aromatic N) is 3. The van der Waals surface area contributed by atoms with E-state index in [1.54, 1.807) is 11.8 Å². The third kappa shape index (κ3) is 4.80. The first-order valence-corrected chi connectivity index (χ1v) is 12.8. The lowest BCUT2D eigenvalue weighted by atomic mass is 9.86. The number of hydrogen-bond donors (Lipinski definition) is 0. The highest BCUT2D eigenvalue weighted by molar-refractivity contribution is 8.03. The molecule has 0 bridgehead atoms. The molecule has 2 heterocycles. The summed E-state index contributed by atoms with van der Waals surface area (Å²) in [7, 11) is 0. The summed E-state index contributed by atoms with van der Waals surface area (Å²) in [4.78, 5) is 17.5. The van der Waals surface area contributed by atoms with Gasteiger partial charge in [-0.25, -0.2) is 0 Å². The Bertz CT molecular complexity index is 1070. The van der Waals surface area contributed by atoms with Gasteiger partial charge in [0.15, 0.2) is 0 Å². The van der Waals surface area contributed by atoms with Crippen molar-refractivity contribution in [2.24, 2.45) is 0 Å². The highest BCUT2D eigenvalue weighted by atomic mass is 32.2. The molecule has 1 saturated carbocycles. The van der Waals surface area contributed by atoms with E-state index in [0.29, 0.717) is 31.3 Å². The van der Waals surface area contributed by atoms with Crippen molar-refractivity contribution in [3.05, 3.63) is 76.3 Å². The van der Waals surface area contributed by atoms with Crippen LogP contribution in [0.25, 0.3) is 0 Å². The second-order valence-electron chi connectivity index (χ2n) is 9.05. The highest BCUT2D eigenvalue weighted by Crippen LogP contribution is 2.44. The van der Waals surface area contributed by atoms with Crippen molar-refractivity contribution < 1.29 is 9.53 Å². The molecule has 2 aromatic carbocycles. The van der Waals surface area contributed by atoms with Crippen molar-refractivity contribution in [2.75, 3.05) is 12.5 Å². The van der Waals surface area contributed by atoms with Crippen molar-refractivity contribution in [3.63, 3.8) is 0 Å². The topological polar surface area (TPSA) is 56.6 Å². The van der Waals surface area contributed by atoms with Crippen LogP contribution in [0.4, 0.5) is 0 Å². The molecule has 2 aliphatic heterocycles. The van der Waals surface area contributed by atoms with E-state index in [-0.39, 0.29) is 11.8 Å². The summed E-state index contributed by atoms with van der Waals surface area (Å²) in [6.45, 7) is 1.10. The molecule has 0 unspecified atom stereocenters. The number of fused-ring (bicyclic) bond motifs is 1. The quantitative estimate of drug-likeness (QED) is 0.581. The van der Waals surface area contributed by atoms with E-state index in [2.05, 4.69) is 11.0 Å². The lowest BCUT2D eigenvalue weighted by molar-refractivity contribution is -0.132. The highest BCUT2D eigenvalue weighted by Gasteiger charge is 2.39. The number of thioether (sulfide) groups is 1. The number of rotatable bonds is 5. The predicted octanol–water partition coefficient (Wildman–Crippen LogP) is 5.61. The lowest BCUT2D eigenvalue weighted by Gasteiger charge is -2.44. The first-order chi connectivity index (χ1) is 16.2. The van der Waals surface area contributed by atoms with E-state index < -0.39 is 0 Å². The Morgan fingerprint density at radius 1 is 1.06 bits per heavy atom. The molecular formula is C27H29N3O2S. The SMILES string of the molecule is N#CC1=C2SCN(C3CCCCC3)CN2C(=O)C[C@@H]1c1cccc(OCc2ccccc2)c1. The predicted molar refractivity (Wildman–Crippen MR) is 130 cm³/mol. The summed E-state index contributed by atoms with van der Waals surface area (Å²) < 4.78 is 6.00. The monoisotopic (exact) mass is 459 g/mol. The van der Waals surface area contributed by atoms with Gasteiger partial charge >= 0.3 is 0 Å². The molecule has 33 heavy (non-hydrogen) atoms. The maximum atomic E-state index is 13.2. The maximum absolute atomic E-state index is 13.2. The summed E-state index contributed by atoms with van der Waals surface area (Å²) in [5.74, 6) is 1.50. The van der Waals surface area contributed by atoms with E-state index in [4.69, 9.17) is 4.74 Å². The van der Waals surface area contributed by atoms with Crippen LogP contribution in [0.1, 0.15) is 55.6 Å². The Kier molecular flexibility index (Phi) is 6.70. The normalized spacial score (nSPS) is 22.1. The molecule has 5 nitrogen and oxygen atoms in total. The van der Waals surface area contributed by atoms with Gasteiger partial charge in [-0.15, -0.1) is 0 Å². The van der Waals surface area contributed by atoms with E-state index in [1.807, 2.05) is 59.5 Å². The molecule has 5 rings (SSSR count). The average Bonchev–Trinajstić information content (AvgIpc) is 2.88. The fourth-order valence-corrected chi connectivity index (χ4v) is 6.34. The van der Waals surface area contributed by atoms with Crippen molar-refractivity contribution in [1.29, 1.82) is 5.26 Å². The van der Waals surface area contributed by atoms with Crippen LogP contribution in [0.2, 0.25) is 0 Å². The van der Waals surface area contributed by atoms with Gasteiger partial charge in [-0.1, -0.05) is 73.5 Å². The van der Waals surface area contributed by atoms with Gasteiger partial charge in [0.1, 0.15) is 12.4 Å². The van der Waals surface area contributed by atoms with Crippen molar-refractivity contribution in [3.8, 4) is 11.8 Å². The third-order valence-corrected chi connectivity index (χ3v) is 8.09. The van der Waals surface area contributed by atoms with Crippen molar-refractivity contribution >= 4 is 17.7 Å². The van der Waals surface area contributed by atoms with Gasteiger partial charge in [-0.3, -0.25) is 14.6 Å². The second kappa shape index (κ2) is 10.0. The summed E-state index contributed by atoms with van der Waals surface area (Å²) in [5, 5.41) is 10.9. The van der Waals surface area contributed by atoms with Gasteiger partial charge < -0.3 is 4.74 Å². The van der Waals surface area contributed by atoms with Crippen LogP contribution in [-0.2, 0) is 11.4 Å². The summed E-state index contributed by atoms with van der Waals surface area (Å²) >= 11 is 1.65. The molecule has 170 valence electrons. The molecule has 1 saturated heterocycles. The summed E-state index contributed by atoms with van der Waals surface area (Å²) in [6, 6.07) is 20.9. The molecule has 1 amide bonds. The van der Waals surface area contributed by atoms with Crippen LogP contribution in [0.15, 0.2) is 65.2 Å². The minimum atomic E-state index is -0.220. The molecular weight excluding hydrogens is 430 g/mol. The molecule has 1 atom stereocenters. The molecule has 3 aliphatic rings. The zero-order valence-electron chi connectivity index (χ0n) is 18.8.